The monoisotopic (exact) mass is 861 g/mol. The van der Waals surface area contributed by atoms with Gasteiger partial charge in [0.1, 0.15) is 13.2 Å². The van der Waals surface area contributed by atoms with Gasteiger partial charge < -0.3 is 14.2 Å². The van der Waals surface area contributed by atoms with Crippen molar-refractivity contribution in [3.8, 4) is 0 Å². The summed E-state index contributed by atoms with van der Waals surface area (Å²) in [5.74, 6) is -1.09. The molecular weight excluding hydrogens is 769 g/mol. The summed E-state index contributed by atoms with van der Waals surface area (Å²) in [5.41, 5.74) is 0. The fraction of sp³-hybridized carbons (Fsp3) is 0.661. The zero-order chi connectivity index (χ0) is 45.1. The molecule has 0 aliphatic rings. The molecule has 0 amide bonds. The molecule has 352 valence electrons. The van der Waals surface area contributed by atoms with E-state index >= 15 is 0 Å². The average molecular weight is 861 g/mol. The van der Waals surface area contributed by atoms with Crippen molar-refractivity contribution in [3.05, 3.63) is 97.2 Å². The van der Waals surface area contributed by atoms with Gasteiger partial charge in [0.05, 0.1) is 0 Å². The smallest absolute Gasteiger partial charge is 0.306 e. The molecule has 6 heteroatoms. The predicted molar refractivity (Wildman–Crippen MR) is 265 cm³/mol. The molecule has 0 heterocycles. The summed E-state index contributed by atoms with van der Waals surface area (Å²) < 4.78 is 16.6. The lowest BCUT2D eigenvalue weighted by molar-refractivity contribution is -0.166. The maximum atomic E-state index is 12.7. The third-order valence-electron chi connectivity index (χ3n) is 10.4. The molecule has 0 bridgehead atoms. The van der Waals surface area contributed by atoms with Crippen LogP contribution < -0.4 is 0 Å². The SMILES string of the molecule is CC/C=C/C=C/C=C/C=C/C=C/CCCC(=O)OC(COC(=O)CC/C=C/C/C=C/CCCCCCCC)COC(=O)CCCCCCC/C=C/CCCCCCCCCCC. The van der Waals surface area contributed by atoms with Crippen LogP contribution in [-0.4, -0.2) is 37.2 Å². The van der Waals surface area contributed by atoms with E-state index in [9.17, 15) is 14.4 Å². The highest BCUT2D eigenvalue weighted by atomic mass is 16.6. The van der Waals surface area contributed by atoms with E-state index in [1.54, 1.807) is 0 Å². The van der Waals surface area contributed by atoms with Crippen molar-refractivity contribution in [3.63, 3.8) is 0 Å². The standard InChI is InChI=1S/C56H92O6/c1-4-7-10-13-16-19-22-25-26-27-28-29-32-34-37-40-43-46-49-55(58)61-52-53(62-56(59)50-47-44-41-38-35-31-24-21-18-15-12-9-6-3)51-60-54(57)48-45-42-39-36-33-30-23-20-17-14-11-8-5-2/h9,12,15,18,21,24,28-31,33,35,38-39,41-42,53H,4-8,10-11,13-14,16-17,19-20,22-23,25-27,32,34,36-37,40,43-52H2,1-3H3/b12-9+,18-15+,24-21+,29-28+,33-30+,35-31+,41-38+,42-39+. The molecule has 0 spiro atoms. The van der Waals surface area contributed by atoms with Crippen LogP contribution in [0.3, 0.4) is 0 Å². The Bertz CT molecular complexity index is 1260. The van der Waals surface area contributed by atoms with Gasteiger partial charge in [-0.1, -0.05) is 221 Å². The molecule has 0 saturated carbocycles. The number of hydrogen-bond donors (Lipinski definition) is 0. The number of allylic oxidation sites excluding steroid dienone is 16. The van der Waals surface area contributed by atoms with Crippen LogP contribution in [0.1, 0.15) is 220 Å². The van der Waals surface area contributed by atoms with Crippen molar-refractivity contribution < 1.29 is 28.6 Å². The lowest BCUT2D eigenvalue weighted by Crippen LogP contribution is -2.30. The van der Waals surface area contributed by atoms with E-state index in [1.807, 2.05) is 60.8 Å². The first kappa shape index (κ1) is 58.3. The largest absolute Gasteiger partial charge is 0.462 e. The Morgan fingerprint density at radius 2 is 0.742 bits per heavy atom. The molecule has 0 saturated heterocycles. The van der Waals surface area contributed by atoms with Crippen LogP contribution in [0.4, 0.5) is 0 Å². The van der Waals surface area contributed by atoms with Gasteiger partial charge in [0.2, 0.25) is 0 Å². The Balaban J connectivity index is 4.52. The van der Waals surface area contributed by atoms with Crippen molar-refractivity contribution in [2.45, 2.75) is 226 Å². The summed E-state index contributed by atoms with van der Waals surface area (Å²) in [6, 6.07) is 0. The first-order chi connectivity index (χ1) is 30.5. The molecule has 6 nitrogen and oxygen atoms in total. The average Bonchev–Trinajstić information content (AvgIpc) is 3.27. The molecule has 62 heavy (non-hydrogen) atoms. The van der Waals surface area contributed by atoms with Gasteiger partial charge in [-0.15, -0.1) is 0 Å². The number of unbranched alkanes of at least 4 members (excludes halogenated alkanes) is 21. The third kappa shape index (κ3) is 47.4. The molecule has 0 rings (SSSR count). The highest BCUT2D eigenvalue weighted by molar-refractivity contribution is 5.71. The highest BCUT2D eigenvalue weighted by Crippen LogP contribution is 2.13. The van der Waals surface area contributed by atoms with Crippen LogP contribution in [0.5, 0.6) is 0 Å². The number of carbonyl (C=O) groups is 3. The zero-order valence-electron chi connectivity index (χ0n) is 40.1. The van der Waals surface area contributed by atoms with E-state index in [1.165, 1.54) is 109 Å². The number of rotatable bonds is 44. The van der Waals surface area contributed by atoms with Crippen molar-refractivity contribution in [2.75, 3.05) is 13.2 Å². The quantitative estimate of drug-likeness (QED) is 0.0200. The Kier molecular flexibility index (Phi) is 47.0. The van der Waals surface area contributed by atoms with Gasteiger partial charge in [-0.25, -0.2) is 0 Å². The molecule has 0 radical (unpaired) electrons. The van der Waals surface area contributed by atoms with Crippen LogP contribution in [0, 0.1) is 0 Å². The first-order valence-electron chi connectivity index (χ1n) is 25.3. The maximum Gasteiger partial charge on any atom is 0.306 e. The minimum atomic E-state index is -0.840. The Hall–Kier alpha value is -3.67. The van der Waals surface area contributed by atoms with E-state index in [4.69, 9.17) is 14.2 Å². The van der Waals surface area contributed by atoms with Gasteiger partial charge in [-0.05, 0) is 77.0 Å². The summed E-state index contributed by atoms with van der Waals surface area (Å²) >= 11 is 0. The molecule has 0 aliphatic carbocycles. The topological polar surface area (TPSA) is 78.9 Å². The summed E-state index contributed by atoms with van der Waals surface area (Å²) in [5, 5.41) is 0. The van der Waals surface area contributed by atoms with Crippen molar-refractivity contribution >= 4 is 17.9 Å². The fourth-order valence-corrected chi connectivity index (χ4v) is 6.64. The van der Waals surface area contributed by atoms with Crippen LogP contribution in [-0.2, 0) is 28.6 Å². The van der Waals surface area contributed by atoms with Crippen molar-refractivity contribution in [2.24, 2.45) is 0 Å². The summed E-state index contributed by atoms with van der Waals surface area (Å²) in [7, 11) is 0. The van der Waals surface area contributed by atoms with E-state index in [0.29, 0.717) is 19.3 Å². The third-order valence-corrected chi connectivity index (χ3v) is 10.4. The van der Waals surface area contributed by atoms with Crippen LogP contribution in [0.25, 0.3) is 0 Å². The second kappa shape index (κ2) is 50.0. The normalized spacial score (nSPS) is 12.9. The summed E-state index contributed by atoms with van der Waals surface area (Å²) in [4.78, 5) is 37.8. The molecule has 0 aromatic rings. The van der Waals surface area contributed by atoms with E-state index in [2.05, 4.69) is 57.2 Å². The van der Waals surface area contributed by atoms with Gasteiger partial charge in [-0.3, -0.25) is 14.4 Å². The molecule has 0 fully saturated rings. The van der Waals surface area contributed by atoms with Gasteiger partial charge >= 0.3 is 17.9 Å². The lowest BCUT2D eigenvalue weighted by atomic mass is 10.1. The molecular formula is C56H92O6. The van der Waals surface area contributed by atoms with Crippen molar-refractivity contribution in [1.29, 1.82) is 0 Å². The maximum absolute atomic E-state index is 12.7. The number of ether oxygens (including phenoxy) is 3. The van der Waals surface area contributed by atoms with E-state index in [0.717, 1.165) is 57.8 Å². The second-order valence-electron chi connectivity index (χ2n) is 16.5. The predicted octanol–water partition coefficient (Wildman–Crippen LogP) is 16.6. The molecule has 0 aromatic carbocycles. The number of hydrogen-bond acceptors (Lipinski definition) is 6. The Labute approximate surface area is 381 Å². The second-order valence-corrected chi connectivity index (χ2v) is 16.5. The summed E-state index contributed by atoms with van der Waals surface area (Å²) in [6.45, 7) is 6.35. The molecule has 1 atom stereocenters. The lowest BCUT2D eigenvalue weighted by Gasteiger charge is -2.18. The van der Waals surface area contributed by atoms with Crippen LogP contribution >= 0.6 is 0 Å². The van der Waals surface area contributed by atoms with Crippen molar-refractivity contribution in [1.82, 2.24) is 0 Å². The fourth-order valence-electron chi connectivity index (χ4n) is 6.64. The van der Waals surface area contributed by atoms with Gasteiger partial charge in [0, 0.05) is 19.3 Å². The molecule has 0 aliphatic heterocycles. The molecule has 0 aromatic heterocycles. The Morgan fingerprint density at radius 3 is 1.26 bits per heavy atom. The minimum absolute atomic E-state index is 0.128. The van der Waals surface area contributed by atoms with Gasteiger partial charge in [0.25, 0.3) is 0 Å². The van der Waals surface area contributed by atoms with Gasteiger partial charge in [0.15, 0.2) is 6.10 Å². The minimum Gasteiger partial charge on any atom is -0.462 e. The molecule has 0 N–H and O–H groups in total. The number of carbonyl (C=O) groups excluding carboxylic acids is 3. The Morgan fingerprint density at radius 1 is 0.355 bits per heavy atom. The summed E-state index contributed by atoms with van der Waals surface area (Å²) in [6.07, 6.45) is 65.6. The van der Waals surface area contributed by atoms with E-state index in [-0.39, 0.29) is 38.0 Å². The number of esters is 3. The van der Waals surface area contributed by atoms with E-state index < -0.39 is 12.1 Å². The first-order valence-corrected chi connectivity index (χ1v) is 25.3. The van der Waals surface area contributed by atoms with Crippen LogP contribution in [0.2, 0.25) is 0 Å². The van der Waals surface area contributed by atoms with Crippen LogP contribution in [0.15, 0.2) is 97.2 Å². The zero-order valence-corrected chi connectivity index (χ0v) is 40.1. The van der Waals surface area contributed by atoms with Gasteiger partial charge in [-0.2, -0.15) is 0 Å². The highest BCUT2D eigenvalue weighted by Gasteiger charge is 2.19. The molecule has 1 unspecified atom stereocenters.